The van der Waals surface area contributed by atoms with Crippen LogP contribution < -0.4 is 5.32 Å². The van der Waals surface area contributed by atoms with E-state index < -0.39 is 0 Å². The number of aliphatic imine (C=N–C) groups is 1. The van der Waals surface area contributed by atoms with Crippen LogP contribution in [0, 0.1) is 5.82 Å². The summed E-state index contributed by atoms with van der Waals surface area (Å²) in [5.41, 5.74) is 2.69. The second-order valence-corrected chi connectivity index (χ2v) is 6.70. The molecule has 25 heavy (non-hydrogen) atoms. The van der Waals surface area contributed by atoms with E-state index in [1.807, 2.05) is 48.2 Å². The van der Waals surface area contributed by atoms with Crippen molar-refractivity contribution < 1.29 is 9.18 Å². The number of amidine groups is 1. The van der Waals surface area contributed by atoms with Crippen molar-refractivity contribution in [3.8, 4) is 0 Å². The molecule has 1 saturated heterocycles. The number of carbonyl (C=O) groups excluding carboxylic acids is 1. The molecule has 0 radical (unpaired) electrons. The van der Waals surface area contributed by atoms with Crippen LogP contribution in [0.1, 0.15) is 5.56 Å². The first kappa shape index (κ1) is 15.7. The largest absolute Gasteiger partial charge is 0.350 e. The maximum atomic E-state index is 13.0. The van der Waals surface area contributed by atoms with E-state index >= 15 is 0 Å². The Morgan fingerprint density at radius 1 is 1.16 bits per heavy atom. The van der Waals surface area contributed by atoms with Crippen LogP contribution in [0.4, 0.5) is 10.1 Å². The molecular formula is C19H14FN3OS. The smallest absolute Gasteiger partial charge is 0.264 e. The minimum atomic E-state index is -0.316. The molecule has 4 rings (SSSR count). The van der Waals surface area contributed by atoms with E-state index in [1.165, 1.54) is 23.9 Å². The Hall–Kier alpha value is -2.86. The fraction of sp³-hybridized carbons (Fsp3) is 0.0526. The van der Waals surface area contributed by atoms with Gasteiger partial charge < -0.3 is 9.88 Å². The van der Waals surface area contributed by atoms with Crippen molar-refractivity contribution in [2.24, 2.45) is 12.0 Å². The van der Waals surface area contributed by atoms with Gasteiger partial charge in [-0.1, -0.05) is 18.2 Å². The highest BCUT2D eigenvalue weighted by Crippen LogP contribution is 2.30. The van der Waals surface area contributed by atoms with E-state index in [4.69, 9.17) is 0 Å². The number of carbonyl (C=O) groups is 1. The van der Waals surface area contributed by atoms with E-state index in [0.717, 1.165) is 16.5 Å². The number of benzene rings is 2. The summed E-state index contributed by atoms with van der Waals surface area (Å²) in [7, 11) is 1.98. The number of thioether (sulfide) groups is 1. The summed E-state index contributed by atoms with van der Waals surface area (Å²) in [6.45, 7) is 0. The summed E-state index contributed by atoms with van der Waals surface area (Å²) in [4.78, 5) is 17.2. The van der Waals surface area contributed by atoms with Crippen molar-refractivity contribution in [2.45, 2.75) is 0 Å². The van der Waals surface area contributed by atoms with E-state index in [-0.39, 0.29) is 11.7 Å². The Labute approximate surface area is 148 Å². The lowest BCUT2D eigenvalue weighted by Gasteiger charge is -1.95. The molecular weight excluding hydrogens is 337 g/mol. The lowest BCUT2D eigenvalue weighted by Crippen LogP contribution is -2.19. The molecule has 2 heterocycles. The third-order valence-corrected chi connectivity index (χ3v) is 4.83. The van der Waals surface area contributed by atoms with Gasteiger partial charge in [0.25, 0.3) is 5.91 Å². The Balaban J connectivity index is 1.66. The predicted octanol–water partition coefficient (Wildman–Crippen LogP) is 4.21. The number of fused-ring (bicyclic) bond motifs is 1. The maximum absolute atomic E-state index is 13.0. The van der Waals surface area contributed by atoms with Crippen molar-refractivity contribution in [3.05, 3.63) is 71.0 Å². The number of nitrogens with one attached hydrogen (secondary N) is 1. The molecule has 0 spiro atoms. The van der Waals surface area contributed by atoms with Gasteiger partial charge >= 0.3 is 0 Å². The van der Waals surface area contributed by atoms with Crippen LogP contribution in [0.15, 0.2) is 64.6 Å². The first-order valence-electron chi connectivity index (χ1n) is 7.69. The molecule has 0 saturated carbocycles. The van der Waals surface area contributed by atoms with Crippen LogP contribution in [0.2, 0.25) is 0 Å². The quantitative estimate of drug-likeness (QED) is 0.703. The van der Waals surface area contributed by atoms with Gasteiger partial charge in [-0.25, -0.2) is 9.38 Å². The van der Waals surface area contributed by atoms with Gasteiger partial charge in [-0.05, 0) is 48.2 Å². The number of amides is 1. The van der Waals surface area contributed by atoms with Gasteiger partial charge in [0.15, 0.2) is 5.17 Å². The van der Waals surface area contributed by atoms with Gasteiger partial charge in [-0.3, -0.25) is 4.79 Å². The second kappa shape index (κ2) is 6.22. The van der Waals surface area contributed by atoms with Crippen LogP contribution in [-0.2, 0) is 11.8 Å². The number of rotatable bonds is 2. The average Bonchev–Trinajstić information content (AvgIpc) is 3.11. The molecule has 0 aliphatic carbocycles. The number of aryl methyl sites for hydroxylation is 1. The fourth-order valence-corrected chi connectivity index (χ4v) is 3.58. The number of aromatic nitrogens is 1. The van der Waals surface area contributed by atoms with E-state index in [2.05, 4.69) is 10.3 Å². The first-order valence-corrected chi connectivity index (χ1v) is 8.51. The highest BCUT2D eigenvalue weighted by atomic mass is 32.2. The second-order valence-electron chi connectivity index (χ2n) is 5.67. The highest BCUT2D eigenvalue weighted by Gasteiger charge is 2.24. The van der Waals surface area contributed by atoms with Crippen molar-refractivity contribution >= 4 is 45.5 Å². The van der Waals surface area contributed by atoms with Crippen LogP contribution in [0.3, 0.4) is 0 Å². The summed E-state index contributed by atoms with van der Waals surface area (Å²) in [5, 5.41) is 4.33. The van der Waals surface area contributed by atoms with Gasteiger partial charge in [0, 0.05) is 29.7 Å². The highest BCUT2D eigenvalue weighted by molar-refractivity contribution is 8.18. The Morgan fingerprint density at radius 2 is 1.92 bits per heavy atom. The molecule has 124 valence electrons. The zero-order chi connectivity index (χ0) is 17.4. The molecule has 0 unspecified atom stereocenters. The Bertz CT molecular complexity index is 1030. The fourth-order valence-electron chi connectivity index (χ4n) is 2.74. The monoisotopic (exact) mass is 351 g/mol. The normalized spacial score (nSPS) is 17.6. The number of nitrogens with zero attached hydrogens (tertiary/aromatic N) is 2. The van der Waals surface area contributed by atoms with Crippen molar-refractivity contribution in [2.75, 3.05) is 0 Å². The number of hydrogen-bond acceptors (Lipinski definition) is 3. The minimum absolute atomic E-state index is 0.182. The van der Waals surface area contributed by atoms with Gasteiger partial charge in [0.1, 0.15) is 5.82 Å². The van der Waals surface area contributed by atoms with Crippen LogP contribution in [0.25, 0.3) is 17.0 Å². The number of hydrogen-bond donors (Lipinski definition) is 1. The molecule has 1 N–H and O–H groups in total. The molecule has 1 amide bonds. The molecule has 6 heteroatoms. The van der Waals surface area contributed by atoms with Crippen LogP contribution in [0.5, 0.6) is 0 Å². The summed E-state index contributed by atoms with van der Waals surface area (Å²) in [5.74, 6) is -0.498. The maximum Gasteiger partial charge on any atom is 0.264 e. The van der Waals surface area contributed by atoms with Gasteiger partial charge in [0.2, 0.25) is 0 Å². The number of halogens is 1. The zero-order valence-corrected chi connectivity index (χ0v) is 14.2. The molecule has 1 aromatic heterocycles. The third-order valence-electron chi connectivity index (χ3n) is 3.92. The van der Waals surface area contributed by atoms with Crippen molar-refractivity contribution in [1.82, 2.24) is 9.88 Å². The summed E-state index contributed by atoms with van der Waals surface area (Å²) in [6, 6.07) is 13.9. The Kier molecular flexibility index (Phi) is 3.89. The van der Waals surface area contributed by atoms with Gasteiger partial charge in [-0.2, -0.15) is 0 Å². The average molecular weight is 351 g/mol. The SMILES string of the molecule is Cn1cc(/C=C2/SC(=Nc3ccc(F)cc3)NC2=O)c2ccccc21. The topological polar surface area (TPSA) is 46.4 Å². The molecule has 0 bridgehead atoms. The lowest BCUT2D eigenvalue weighted by atomic mass is 10.1. The molecule has 3 aromatic rings. The molecule has 1 aliphatic rings. The standard InChI is InChI=1S/C19H14FN3OS/c1-23-11-12(15-4-2-3-5-16(15)23)10-17-18(24)22-19(25-17)21-14-8-6-13(20)7-9-14/h2-11H,1H3,(H,21,22,24)/b17-10+. The van der Waals surface area contributed by atoms with E-state index in [1.54, 1.807) is 12.1 Å². The zero-order valence-electron chi connectivity index (χ0n) is 13.4. The van der Waals surface area contributed by atoms with E-state index in [9.17, 15) is 9.18 Å². The van der Waals surface area contributed by atoms with Crippen molar-refractivity contribution in [1.29, 1.82) is 0 Å². The first-order chi connectivity index (χ1) is 12.1. The molecule has 4 nitrogen and oxygen atoms in total. The van der Waals surface area contributed by atoms with Crippen molar-refractivity contribution in [3.63, 3.8) is 0 Å². The summed E-state index contributed by atoms with van der Waals surface area (Å²) < 4.78 is 15.0. The molecule has 1 fully saturated rings. The lowest BCUT2D eigenvalue weighted by molar-refractivity contribution is -0.115. The van der Waals surface area contributed by atoms with Gasteiger partial charge in [-0.15, -0.1) is 0 Å². The molecule has 1 aliphatic heterocycles. The molecule has 0 atom stereocenters. The predicted molar refractivity (Wildman–Crippen MR) is 100 cm³/mol. The summed E-state index contributed by atoms with van der Waals surface area (Å²) >= 11 is 1.28. The Morgan fingerprint density at radius 3 is 2.72 bits per heavy atom. The van der Waals surface area contributed by atoms with Crippen LogP contribution >= 0.6 is 11.8 Å². The number of para-hydroxylation sites is 1. The van der Waals surface area contributed by atoms with E-state index in [0.29, 0.717) is 15.8 Å². The molecule has 2 aromatic carbocycles. The van der Waals surface area contributed by atoms with Gasteiger partial charge in [0.05, 0.1) is 10.6 Å². The minimum Gasteiger partial charge on any atom is -0.350 e. The van der Waals surface area contributed by atoms with Crippen LogP contribution in [-0.4, -0.2) is 15.6 Å². The third kappa shape index (κ3) is 3.08. The summed E-state index contributed by atoms with van der Waals surface area (Å²) in [6.07, 6.45) is 3.87.